The number of aryl methyl sites for hydroxylation is 1. The van der Waals surface area contributed by atoms with Crippen LogP contribution >= 0.6 is 11.3 Å². The highest BCUT2D eigenvalue weighted by molar-refractivity contribution is 7.15. The summed E-state index contributed by atoms with van der Waals surface area (Å²) in [6.45, 7) is 2.68. The molecular formula is C14H18N4O3S. The van der Waals surface area contributed by atoms with E-state index in [1.54, 1.807) is 11.3 Å². The molecule has 0 saturated carbocycles. The van der Waals surface area contributed by atoms with Gasteiger partial charge in [-0.25, -0.2) is 9.78 Å². The fraction of sp³-hybridized carbons (Fsp3) is 0.500. The normalized spacial score (nSPS) is 18.6. The molecule has 0 unspecified atom stereocenters. The van der Waals surface area contributed by atoms with Crippen LogP contribution in [0.2, 0.25) is 0 Å². The molecule has 1 atom stereocenters. The smallest absolute Gasteiger partial charge is 0.407 e. The number of thiazole rings is 1. The highest BCUT2D eigenvalue weighted by Gasteiger charge is 2.27. The Kier molecular flexibility index (Phi) is 4.02. The van der Waals surface area contributed by atoms with Crippen LogP contribution in [0.5, 0.6) is 0 Å². The number of carbonyl (C=O) groups excluding carboxylic acids is 1. The first-order valence-electron chi connectivity index (χ1n) is 7.28. The average molecular weight is 322 g/mol. The lowest BCUT2D eigenvalue weighted by Crippen LogP contribution is -2.49. The zero-order valence-electron chi connectivity index (χ0n) is 12.3. The minimum absolute atomic E-state index is 0.151. The number of imidazole rings is 1. The first-order valence-corrected chi connectivity index (χ1v) is 8.16. The van der Waals surface area contributed by atoms with E-state index in [2.05, 4.69) is 10.3 Å². The number of aromatic nitrogens is 2. The summed E-state index contributed by atoms with van der Waals surface area (Å²) in [4.78, 5) is 30.2. The van der Waals surface area contributed by atoms with Crippen molar-refractivity contribution in [3.8, 4) is 0 Å². The highest BCUT2D eigenvalue weighted by Crippen LogP contribution is 2.18. The minimum atomic E-state index is -0.917. The second-order valence-corrected chi connectivity index (χ2v) is 6.31. The van der Waals surface area contributed by atoms with Gasteiger partial charge >= 0.3 is 6.09 Å². The number of rotatable bonds is 3. The van der Waals surface area contributed by atoms with E-state index in [1.165, 1.54) is 16.2 Å². The zero-order chi connectivity index (χ0) is 15.7. The van der Waals surface area contributed by atoms with Crippen molar-refractivity contribution in [2.75, 3.05) is 13.1 Å². The van der Waals surface area contributed by atoms with Crippen LogP contribution < -0.4 is 5.32 Å². The number of piperidine rings is 1. The van der Waals surface area contributed by atoms with E-state index in [4.69, 9.17) is 0 Å². The largest absolute Gasteiger partial charge is 0.465 e. The minimum Gasteiger partial charge on any atom is -0.465 e. The Morgan fingerprint density at radius 2 is 2.32 bits per heavy atom. The summed E-state index contributed by atoms with van der Waals surface area (Å²) in [6.07, 6.45) is 3.56. The molecule has 0 spiro atoms. The van der Waals surface area contributed by atoms with Gasteiger partial charge in [0.15, 0.2) is 4.96 Å². The van der Waals surface area contributed by atoms with E-state index < -0.39 is 6.09 Å². The van der Waals surface area contributed by atoms with Gasteiger partial charge in [0.25, 0.3) is 5.91 Å². The predicted octanol–water partition coefficient (Wildman–Crippen LogP) is 1.97. The van der Waals surface area contributed by atoms with Crippen molar-refractivity contribution in [3.63, 3.8) is 0 Å². The summed E-state index contributed by atoms with van der Waals surface area (Å²) in [6, 6.07) is -0.151. The third kappa shape index (κ3) is 2.66. The van der Waals surface area contributed by atoms with Crippen LogP contribution in [0.3, 0.4) is 0 Å². The van der Waals surface area contributed by atoms with Crippen molar-refractivity contribution in [1.29, 1.82) is 0 Å². The van der Waals surface area contributed by atoms with Crippen molar-refractivity contribution < 1.29 is 14.7 Å². The molecule has 22 heavy (non-hydrogen) atoms. The van der Waals surface area contributed by atoms with Crippen molar-refractivity contribution >= 4 is 28.3 Å². The van der Waals surface area contributed by atoms with Gasteiger partial charge in [0.05, 0.1) is 11.7 Å². The Balaban J connectivity index is 1.70. The molecule has 1 aliphatic heterocycles. The number of hydrogen-bond donors (Lipinski definition) is 2. The quantitative estimate of drug-likeness (QED) is 0.904. The molecule has 1 saturated heterocycles. The van der Waals surface area contributed by atoms with Gasteiger partial charge in [0.2, 0.25) is 0 Å². The first kappa shape index (κ1) is 14.8. The van der Waals surface area contributed by atoms with E-state index in [-0.39, 0.29) is 11.9 Å². The lowest BCUT2D eigenvalue weighted by Gasteiger charge is -2.33. The van der Waals surface area contributed by atoms with Crippen LogP contribution in [0, 0.1) is 6.92 Å². The van der Waals surface area contributed by atoms with Crippen molar-refractivity contribution in [2.24, 2.45) is 0 Å². The Hall–Kier alpha value is -2.09. The molecule has 1 aliphatic rings. The summed E-state index contributed by atoms with van der Waals surface area (Å²) < 4.78 is 1.77. The van der Waals surface area contributed by atoms with Crippen molar-refractivity contribution in [3.05, 3.63) is 23.0 Å². The lowest BCUT2D eigenvalue weighted by molar-refractivity contribution is 0.0877. The molecule has 1 fully saturated rings. The van der Waals surface area contributed by atoms with Gasteiger partial charge in [-0.3, -0.25) is 9.20 Å². The van der Waals surface area contributed by atoms with Crippen molar-refractivity contribution in [2.45, 2.75) is 32.2 Å². The second kappa shape index (κ2) is 5.96. The van der Waals surface area contributed by atoms with Gasteiger partial charge in [0, 0.05) is 24.7 Å². The van der Waals surface area contributed by atoms with Gasteiger partial charge < -0.3 is 15.3 Å². The molecule has 0 aliphatic carbocycles. The number of amides is 2. The fourth-order valence-corrected chi connectivity index (χ4v) is 3.69. The molecule has 8 heteroatoms. The molecule has 0 aromatic carbocycles. The molecule has 2 aromatic heterocycles. The maximum atomic E-state index is 12.4. The maximum absolute atomic E-state index is 12.4. The van der Waals surface area contributed by atoms with Gasteiger partial charge in [-0.15, -0.1) is 11.3 Å². The summed E-state index contributed by atoms with van der Waals surface area (Å²) >= 11 is 1.48. The number of carboxylic acid groups (broad SMARTS) is 1. The topological polar surface area (TPSA) is 86.9 Å². The van der Waals surface area contributed by atoms with E-state index in [1.807, 2.05) is 11.6 Å². The number of nitrogens with one attached hydrogen (secondary N) is 1. The molecule has 2 amide bonds. The fourth-order valence-electron chi connectivity index (χ4n) is 2.93. The van der Waals surface area contributed by atoms with E-state index in [0.717, 1.165) is 24.2 Å². The van der Waals surface area contributed by atoms with Gasteiger partial charge in [-0.1, -0.05) is 0 Å². The lowest BCUT2D eigenvalue weighted by atomic mass is 10.0. The second-order valence-electron chi connectivity index (χ2n) is 5.44. The van der Waals surface area contributed by atoms with Crippen LogP contribution in [-0.2, 0) is 0 Å². The number of hydrogen-bond acceptors (Lipinski definition) is 4. The molecule has 7 nitrogen and oxygen atoms in total. The summed E-state index contributed by atoms with van der Waals surface area (Å²) in [5.74, 6) is -0.209. The molecule has 3 rings (SSSR count). The highest BCUT2D eigenvalue weighted by atomic mass is 32.1. The maximum Gasteiger partial charge on any atom is 0.407 e. The Bertz CT molecular complexity index is 708. The summed E-state index contributed by atoms with van der Waals surface area (Å²) in [5, 5.41) is 14.0. The SMILES string of the molecule is Cc1nc2sccn2c1C(=O)NC[C@@H]1CCCCN1C(=O)O. The molecule has 3 heterocycles. The third-order valence-electron chi connectivity index (χ3n) is 4.02. The molecule has 2 aromatic rings. The number of nitrogens with zero attached hydrogens (tertiary/aromatic N) is 3. The summed E-state index contributed by atoms with van der Waals surface area (Å²) in [7, 11) is 0. The van der Waals surface area contributed by atoms with Crippen LogP contribution in [-0.4, -0.2) is 50.5 Å². The first-order chi connectivity index (χ1) is 10.6. The Labute approximate surface area is 131 Å². The van der Waals surface area contributed by atoms with Crippen LogP contribution in [0.15, 0.2) is 11.6 Å². The van der Waals surface area contributed by atoms with E-state index in [9.17, 15) is 14.7 Å². The molecule has 0 bridgehead atoms. The average Bonchev–Trinajstić information content (AvgIpc) is 3.04. The van der Waals surface area contributed by atoms with E-state index >= 15 is 0 Å². The van der Waals surface area contributed by atoms with Crippen molar-refractivity contribution in [1.82, 2.24) is 19.6 Å². The molecule has 118 valence electrons. The van der Waals surface area contributed by atoms with Crippen LogP contribution in [0.1, 0.15) is 35.4 Å². The number of likely N-dealkylation sites (tertiary alicyclic amines) is 1. The van der Waals surface area contributed by atoms with Gasteiger partial charge in [0.1, 0.15) is 5.69 Å². The Morgan fingerprint density at radius 3 is 3.09 bits per heavy atom. The molecular weight excluding hydrogens is 304 g/mol. The third-order valence-corrected chi connectivity index (χ3v) is 4.78. The van der Waals surface area contributed by atoms with Crippen LogP contribution in [0.25, 0.3) is 4.96 Å². The standard InChI is InChI=1S/C14H18N4O3S/c1-9-11(18-6-7-22-13(18)16-9)12(19)15-8-10-4-2-3-5-17(10)14(20)21/h6-7,10H,2-5,8H2,1H3,(H,15,19)(H,20,21)/t10-/m0/s1. The van der Waals surface area contributed by atoms with Crippen LogP contribution in [0.4, 0.5) is 4.79 Å². The van der Waals surface area contributed by atoms with Gasteiger partial charge in [-0.05, 0) is 26.2 Å². The number of carbonyl (C=O) groups is 2. The predicted molar refractivity (Wildman–Crippen MR) is 82.5 cm³/mol. The summed E-state index contributed by atoms with van der Waals surface area (Å²) in [5.41, 5.74) is 1.21. The zero-order valence-corrected chi connectivity index (χ0v) is 13.1. The Morgan fingerprint density at radius 1 is 1.50 bits per heavy atom. The number of fused-ring (bicyclic) bond motifs is 1. The molecule has 0 radical (unpaired) electrons. The van der Waals surface area contributed by atoms with Gasteiger partial charge in [-0.2, -0.15) is 0 Å². The van der Waals surface area contributed by atoms with E-state index in [0.29, 0.717) is 24.5 Å². The molecule has 2 N–H and O–H groups in total. The monoisotopic (exact) mass is 322 g/mol.